The van der Waals surface area contributed by atoms with Gasteiger partial charge in [-0.3, -0.25) is 4.79 Å². The lowest BCUT2D eigenvalue weighted by Crippen LogP contribution is -2.11. The predicted octanol–water partition coefficient (Wildman–Crippen LogP) is 4.93. The molecule has 0 bridgehead atoms. The lowest BCUT2D eigenvalue weighted by molar-refractivity contribution is -0.147. The van der Waals surface area contributed by atoms with Crippen molar-refractivity contribution in [3.63, 3.8) is 0 Å². The molecule has 0 spiro atoms. The number of carbonyl (C=O) groups is 2. The van der Waals surface area contributed by atoms with E-state index in [1.165, 1.54) is 5.57 Å². The molecule has 0 radical (unpaired) electrons. The molecule has 1 saturated carbocycles. The zero-order valence-electron chi connectivity index (χ0n) is 16.5. The van der Waals surface area contributed by atoms with Crippen LogP contribution in [0.25, 0.3) is 0 Å². The van der Waals surface area contributed by atoms with Gasteiger partial charge in [0.2, 0.25) is 0 Å². The van der Waals surface area contributed by atoms with E-state index in [1.807, 2.05) is 26.8 Å². The Kier molecular flexibility index (Phi) is 6.63. The normalized spacial score (nSPS) is 20.2. The van der Waals surface area contributed by atoms with E-state index < -0.39 is 0 Å². The summed E-state index contributed by atoms with van der Waals surface area (Å²) in [5.41, 5.74) is 2.44. The predicted molar refractivity (Wildman–Crippen MR) is 102 cm³/mol. The molecule has 1 aliphatic carbocycles. The average Bonchev–Trinajstić information content (AvgIpc) is 3.12. The first kappa shape index (κ1) is 20.2. The Bertz CT molecular complexity index is 683. The summed E-state index contributed by atoms with van der Waals surface area (Å²) in [4.78, 5) is 24.5. The summed E-state index contributed by atoms with van der Waals surface area (Å²) < 4.78 is 10.7. The molecule has 1 fully saturated rings. The van der Waals surface area contributed by atoms with Crippen LogP contribution in [0.4, 0.5) is 0 Å². The third kappa shape index (κ3) is 4.96. The molecule has 4 heteroatoms. The van der Waals surface area contributed by atoms with Crippen LogP contribution in [-0.4, -0.2) is 18.5 Å². The number of ether oxygens (including phenoxy) is 2. The van der Waals surface area contributed by atoms with Gasteiger partial charge in [-0.15, -0.1) is 0 Å². The third-order valence-corrected chi connectivity index (χ3v) is 4.95. The molecule has 0 amide bonds. The van der Waals surface area contributed by atoms with Gasteiger partial charge in [-0.2, -0.15) is 0 Å². The molecular formula is C22H30O4. The third-order valence-electron chi connectivity index (χ3n) is 4.95. The van der Waals surface area contributed by atoms with E-state index in [2.05, 4.69) is 19.9 Å². The van der Waals surface area contributed by atoms with Crippen LogP contribution in [0.5, 0.6) is 0 Å². The number of esters is 2. The second-order valence-corrected chi connectivity index (χ2v) is 7.87. The van der Waals surface area contributed by atoms with E-state index in [0.29, 0.717) is 12.2 Å². The van der Waals surface area contributed by atoms with Gasteiger partial charge in [0.1, 0.15) is 6.61 Å². The molecular weight excluding hydrogens is 328 g/mol. The van der Waals surface area contributed by atoms with E-state index >= 15 is 0 Å². The van der Waals surface area contributed by atoms with E-state index in [9.17, 15) is 9.59 Å². The van der Waals surface area contributed by atoms with Crippen LogP contribution in [0, 0.1) is 17.3 Å². The average molecular weight is 358 g/mol. The van der Waals surface area contributed by atoms with Crippen LogP contribution in [0.2, 0.25) is 0 Å². The van der Waals surface area contributed by atoms with Crippen LogP contribution in [0.3, 0.4) is 0 Å². The van der Waals surface area contributed by atoms with E-state index in [-0.39, 0.29) is 35.8 Å². The minimum Gasteiger partial charge on any atom is -0.462 e. The summed E-state index contributed by atoms with van der Waals surface area (Å²) in [7, 11) is 0. The molecule has 142 valence electrons. The number of unbranched alkanes of at least 4 members (excludes halogenated alkanes) is 1. The van der Waals surface area contributed by atoms with Crippen LogP contribution >= 0.6 is 0 Å². The van der Waals surface area contributed by atoms with Crippen LogP contribution < -0.4 is 0 Å². The minimum absolute atomic E-state index is 0.0563. The van der Waals surface area contributed by atoms with Crippen molar-refractivity contribution in [2.45, 2.75) is 54.1 Å². The highest BCUT2D eigenvalue weighted by Crippen LogP contribution is 2.59. The topological polar surface area (TPSA) is 52.6 Å². The van der Waals surface area contributed by atoms with Gasteiger partial charge in [0.15, 0.2) is 0 Å². The molecule has 2 rings (SSSR count). The Labute approximate surface area is 156 Å². The summed E-state index contributed by atoms with van der Waals surface area (Å²) in [5.74, 6) is -0.369. The lowest BCUT2D eigenvalue weighted by Gasteiger charge is -2.08. The summed E-state index contributed by atoms with van der Waals surface area (Å²) in [5, 5.41) is 0. The Morgan fingerprint density at radius 2 is 1.92 bits per heavy atom. The summed E-state index contributed by atoms with van der Waals surface area (Å²) >= 11 is 0. The molecule has 0 aliphatic heterocycles. The van der Waals surface area contributed by atoms with Crippen molar-refractivity contribution < 1.29 is 19.1 Å². The second kappa shape index (κ2) is 8.52. The number of hydrogen-bond acceptors (Lipinski definition) is 4. The van der Waals surface area contributed by atoms with Gasteiger partial charge in [-0.25, -0.2) is 4.79 Å². The Morgan fingerprint density at radius 3 is 2.58 bits per heavy atom. The van der Waals surface area contributed by atoms with Crippen LogP contribution in [0.15, 0.2) is 35.9 Å². The lowest BCUT2D eigenvalue weighted by atomic mass is 10.1. The first-order valence-corrected chi connectivity index (χ1v) is 9.35. The molecule has 0 saturated heterocycles. The number of carbonyl (C=O) groups excluding carboxylic acids is 2. The van der Waals surface area contributed by atoms with Crippen molar-refractivity contribution in [3.05, 3.63) is 47.0 Å². The summed E-state index contributed by atoms with van der Waals surface area (Å²) in [6.07, 6.45) is 3.99. The van der Waals surface area contributed by atoms with Crippen molar-refractivity contribution in [1.29, 1.82) is 0 Å². The van der Waals surface area contributed by atoms with Crippen molar-refractivity contribution in [2.24, 2.45) is 17.3 Å². The number of rotatable bonds is 8. The zero-order chi connectivity index (χ0) is 19.3. The highest BCUT2D eigenvalue weighted by atomic mass is 16.5. The minimum atomic E-state index is -0.335. The Balaban J connectivity index is 1.92. The number of benzene rings is 1. The van der Waals surface area contributed by atoms with Gasteiger partial charge in [0.25, 0.3) is 0 Å². The highest BCUT2D eigenvalue weighted by molar-refractivity contribution is 5.89. The van der Waals surface area contributed by atoms with Gasteiger partial charge in [-0.05, 0) is 49.3 Å². The van der Waals surface area contributed by atoms with Gasteiger partial charge in [0.05, 0.1) is 18.1 Å². The quantitative estimate of drug-likeness (QED) is 0.376. The molecule has 1 aromatic rings. The molecule has 0 N–H and O–H groups in total. The van der Waals surface area contributed by atoms with E-state index in [4.69, 9.17) is 9.47 Å². The molecule has 1 aromatic carbocycles. The van der Waals surface area contributed by atoms with Crippen molar-refractivity contribution in [2.75, 3.05) is 6.61 Å². The van der Waals surface area contributed by atoms with Gasteiger partial charge < -0.3 is 9.47 Å². The second-order valence-electron chi connectivity index (χ2n) is 7.87. The Morgan fingerprint density at radius 1 is 1.19 bits per heavy atom. The van der Waals surface area contributed by atoms with E-state index in [0.717, 1.165) is 18.4 Å². The molecule has 1 aliphatic rings. The smallest absolute Gasteiger partial charge is 0.338 e. The maximum absolute atomic E-state index is 12.4. The Hall–Kier alpha value is -2.10. The molecule has 26 heavy (non-hydrogen) atoms. The van der Waals surface area contributed by atoms with Gasteiger partial charge in [-0.1, -0.05) is 51.0 Å². The van der Waals surface area contributed by atoms with Crippen molar-refractivity contribution in [3.8, 4) is 0 Å². The maximum atomic E-state index is 12.4. The zero-order valence-corrected chi connectivity index (χ0v) is 16.5. The first-order chi connectivity index (χ1) is 12.3. The monoisotopic (exact) mass is 358 g/mol. The number of hydrogen-bond donors (Lipinski definition) is 0. The first-order valence-electron chi connectivity index (χ1n) is 9.35. The molecule has 2 atom stereocenters. The fourth-order valence-corrected chi connectivity index (χ4v) is 3.22. The molecule has 2 unspecified atom stereocenters. The molecule has 0 heterocycles. The fourth-order valence-electron chi connectivity index (χ4n) is 3.22. The fraction of sp³-hybridized carbons (Fsp3) is 0.545. The standard InChI is InChI=1S/C22H30O4/c1-6-7-11-25-20(23)17-10-8-9-16(13-17)14-26-21(24)19-18(12-15(2)3)22(19,4)5/h8-10,12-13,18-19H,6-7,11,14H2,1-5H3. The molecule has 0 aromatic heterocycles. The maximum Gasteiger partial charge on any atom is 0.338 e. The van der Waals surface area contributed by atoms with Crippen LogP contribution in [0.1, 0.15) is 63.4 Å². The summed E-state index contributed by atoms with van der Waals surface area (Å²) in [6, 6.07) is 7.08. The van der Waals surface area contributed by atoms with Crippen molar-refractivity contribution in [1.82, 2.24) is 0 Å². The summed E-state index contributed by atoms with van der Waals surface area (Å²) in [6.45, 7) is 10.9. The molecule has 4 nitrogen and oxygen atoms in total. The SMILES string of the molecule is CCCCOC(=O)c1cccc(COC(=O)C2C(C=C(C)C)C2(C)C)c1. The highest BCUT2D eigenvalue weighted by Gasteiger charge is 2.61. The van der Waals surface area contributed by atoms with Crippen molar-refractivity contribution >= 4 is 11.9 Å². The number of allylic oxidation sites excluding steroid dienone is 2. The van der Waals surface area contributed by atoms with E-state index in [1.54, 1.807) is 18.2 Å². The van der Waals surface area contributed by atoms with Gasteiger partial charge in [0, 0.05) is 0 Å². The van der Waals surface area contributed by atoms with Crippen LogP contribution in [-0.2, 0) is 20.9 Å². The largest absolute Gasteiger partial charge is 0.462 e. The van der Waals surface area contributed by atoms with Gasteiger partial charge >= 0.3 is 11.9 Å².